The number of aliphatic hydroxyl groups is 1. The summed E-state index contributed by atoms with van der Waals surface area (Å²) in [5, 5.41) is 9.14. The summed E-state index contributed by atoms with van der Waals surface area (Å²) in [5.41, 5.74) is 4.95. The fourth-order valence-electron chi connectivity index (χ4n) is 0.981. The summed E-state index contributed by atoms with van der Waals surface area (Å²) in [6.45, 7) is 3.16. The van der Waals surface area contributed by atoms with Gasteiger partial charge in [0.15, 0.2) is 0 Å². The second kappa shape index (κ2) is 7.83. The van der Waals surface area contributed by atoms with E-state index in [0.29, 0.717) is 6.42 Å². The number of amides is 1. The van der Waals surface area contributed by atoms with E-state index in [9.17, 15) is 13.2 Å². The minimum absolute atomic E-state index is 0. The molecule has 0 aromatic rings. The van der Waals surface area contributed by atoms with Gasteiger partial charge in [0.25, 0.3) is 0 Å². The fourth-order valence-corrected chi connectivity index (χ4v) is 2.47. The van der Waals surface area contributed by atoms with E-state index in [-0.39, 0.29) is 18.2 Å². The van der Waals surface area contributed by atoms with E-state index in [1.807, 2.05) is 6.92 Å². The quantitative estimate of drug-likeness (QED) is 0.574. The molecule has 0 rings (SSSR count). The number of halogens is 1. The van der Waals surface area contributed by atoms with Crippen LogP contribution >= 0.6 is 12.4 Å². The Morgan fingerprint density at radius 1 is 1.50 bits per heavy atom. The normalized spacial score (nSPS) is 14.9. The number of carbonyl (C=O) groups is 1. The van der Waals surface area contributed by atoms with Gasteiger partial charge in [-0.05, 0) is 13.3 Å². The van der Waals surface area contributed by atoms with Crippen molar-refractivity contribution in [2.75, 3.05) is 5.75 Å². The molecule has 0 aliphatic rings. The summed E-state index contributed by atoms with van der Waals surface area (Å²) in [6, 6.07) is -1.26. The van der Waals surface area contributed by atoms with E-state index in [4.69, 9.17) is 10.8 Å². The van der Waals surface area contributed by atoms with Crippen LogP contribution in [0.15, 0.2) is 0 Å². The van der Waals surface area contributed by atoms with Crippen molar-refractivity contribution in [2.24, 2.45) is 5.73 Å². The minimum atomic E-state index is -3.54. The third-order valence-electron chi connectivity index (χ3n) is 1.86. The number of sulfonamides is 1. The summed E-state index contributed by atoms with van der Waals surface area (Å²) >= 11 is 0. The van der Waals surface area contributed by atoms with Crippen molar-refractivity contribution in [2.45, 2.75) is 38.8 Å². The molecule has 0 saturated heterocycles. The molecule has 0 heterocycles. The summed E-state index contributed by atoms with van der Waals surface area (Å²) < 4.78 is 24.8. The van der Waals surface area contributed by atoms with E-state index in [1.54, 1.807) is 0 Å². The zero-order valence-electron chi connectivity index (χ0n) is 9.34. The fraction of sp³-hybridized carbons (Fsp3) is 0.875. The third kappa shape index (κ3) is 7.00. The number of nitrogens with two attached hydrogens (primary N) is 1. The van der Waals surface area contributed by atoms with Gasteiger partial charge >= 0.3 is 0 Å². The first-order valence-electron chi connectivity index (χ1n) is 4.77. The van der Waals surface area contributed by atoms with Crippen LogP contribution in [0.4, 0.5) is 0 Å². The summed E-state index contributed by atoms with van der Waals surface area (Å²) in [4.78, 5) is 10.8. The molecule has 8 heteroatoms. The maximum absolute atomic E-state index is 11.4. The highest BCUT2D eigenvalue weighted by Crippen LogP contribution is 1.99. The molecular formula is C8H19ClN2O4S. The molecule has 0 aromatic heterocycles. The molecule has 0 aromatic carbocycles. The van der Waals surface area contributed by atoms with E-state index in [2.05, 4.69) is 4.72 Å². The molecule has 0 unspecified atom stereocenters. The van der Waals surface area contributed by atoms with Crippen molar-refractivity contribution in [3.63, 3.8) is 0 Å². The SMILES string of the molecule is CCCCS(=O)(=O)N[C@H](C(N)=O)[C@@H](C)O.Cl. The number of primary amides is 1. The van der Waals surface area contributed by atoms with Crippen LogP contribution in [-0.2, 0) is 14.8 Å². The van der Waals surface area contributed by atoms with Gasteiger partial charge in [-0.1, -0.05) is 13.3 Å². The Balaban J connectivity index is 0. The van der Waals surface area contributed by atoms with Crippen LogP contribution in [0.5, 0.6) is 0 Å². The summed E-state index contributed by atoms with van der Waals surface area (Å²) in [7, 11) is -3.54. The molecule has 0 aliphatic carbocycles. The van der Waals surface area contributed by atoms with Crippen LogP contribution in [0, 0.1) is 0 Å². The molecule has 0 aliphatic heterocycles. The zero-order valence-corrected chi connectivity index (χ0v) is 11.0. The minimum Gasteiger partial charge on any atom is -0.391 e. The Morgan fingerprint density at radius 2 is 2.00 bits per heavy atom. The highest BCUT2D eigenvalue weighted by Gasteiger charge is 2.26. The lowest BCUT2D eigenvalue weighted by Crippen LogP contribution is -2.51. The topological polar surface area (TPSA) is 109 Å². The van der Waals surface area contributed by atoms with Crippen molar-refractivity contribution >= 4 is 28.3 Å². The maximum Gasteiger partial charge on any atom is 0.238 e. The number of nitrogens with one attached hydrogen (secondary N) is 1. The molecule has 98 valence electrons. The number of hydrogen-bond acceptors (Lipinski definition) is 4. The number of carbonyl (C=O) groups excluding carboxylic acids is 1. The highest BCUT2D eigenvalue weighted by molar-refractivity contribution is 7.89. The molecule has 0 bridgehead atoms. The third-order valence-corrected chi connectivity index (χ3v) is 3.30. The first kappa shape index (κ1) is 18.0. The van der Waals surface area contributed by atoms with Gasteiger partial charge in [-0.3, -0.25) is 4.79 Å². The first-order chi connectivity index (χ1) is 6.80. The van der Waals surface area contributed by atoms with Crippen LogP contribution in [0.25, 0.3) is 0 Å². The molecule has 0 saturated carbocycles. The van der Waals surface area contributed by atoms with Crippen molar-refractivity contribution in [1.82, 2.24) is 4.72 Å². The van der Waals surface area contributed by atoms with Crippen LogP contribution in [-0.4, -0.2) is 37.3 Å². The number of rotatable bonds is 7. The lowest BCUT2D eigenvalue weighted by molar-refractivity contribution is -0.121. The van der Waals surface area contributed by atoms with E-state index >= 15 is 0 Å². The van der Waals surface area contributed by atoms with E-state index < -0.39 is 28.1 Å². The molecule has 4 N–H and O–H groups in total. The smallest absolute Gasteiger partial charge is 0.238 e. The van der Waals surface area contributed by atoms with Crippen molar-refractivity contribution in [3.05, 3.63) is 0 Å². The molecule has 0 fully saturated rings. The lowest BCUT2D eigenvalue weighted by Gasteiger charge is -2.17. The molecule has 16 heavy (non-hydrogen) atoms. The second-order valence-electron chi connectivity index (χ2n) is 3.41. The average molecular weight is 275 g/mol. The molecule has 6 nitrogen and oxygen atoms in total. The summed E-state index contributed by atoms with van der Waals surface area (Å²) in [5.74, 6) is -0.954. The highest BCUT2D eigenvalue weighted by atomic mass is 35.5. The zero-order chi connectivity index (χ0) is 12.1. The molecule has 0 spiro atoms. The largest absolute Gasteiger partial charge is 0.391 e. The number of unbranched alkanes of at least 4 members (excludes halogenated alkanes) is 1. The van der Waals surface area contributed by atoms with Crippen LogP contribution in [0.1, 0.15) is 26.7 Å². The molecule has 1 amide bonds. The summed E-state index contributed by atoms with van der Waals surface area (Å²) in [6.07, 6.45) is 0.0937. The maximum atomic E-state index is 11.4. The lowest BCUT2D eigenvalue weighted by atomic mass is 10.2. The molecule has 0 radical (unpaired) electrons. The van der Waals surface area contributed by atoms with Gasteiger partial charge in [-0.15, -0.1) is 12.4 Å². The first-order valence-corrected chi connectivity index (χ1v) is 6.42. The van der Waals surface area contributed by atoms with Gasteiger partial charge in [-0.2, -0.15) is 0 Å². The number of aliphatic hydroxyl groups excluding tert-OH is 1. The van der Waals surface area contributed by atoms with Crippen LogP contribution < -0.4 is 10.5 Å². The van der Waals surface area contributed by atoms with Crippen molar-refractivity contribution < 1.29 is 18.3 Å². The Bertz CT molecular complexity index is 305. The van der Waals surface area contributed by atoms with Gasteiger partial charge in [0, 0.05) is 0 Å². The van der Waals surface area contributed by atoms with E-state index in [0.717, 1.165) is 6.42 Å². The van der Waals surface area contributed by atoms with Crippen LogP contribution in [0.3, 0.4) is 0 Å². The van der Waals surface area contributed by atoms with Gasteiger partial charge < -0.3 is 10.8 Å². The van der Waals surface area contributed by atoms with Gasteiger partial charge in [-0.25, -0.2) is 13.1 Å². The standard InChI is InChI=1S/C8H18N2O4S.ClH/c1-3-4-5-15(13,14)10-7(6(2)11)8(9)12;/h6-7,10-11H,3-5H2,1-2H3,(H2,9,12);1H/t6-,7+;/m1./s1. The Hall–Kier alpha value is -0.370. The predicted molar refractivity (Wildman–Crippen MR) is 63.7 cm³/mol. The monoisotopic (exact) mass is 274 g/mol. The van der Waals surface area contributed by atoms with Crippen LogP contribution in [0.2, 0.25) is 0 Å². The van der Waals surface area contributed by atoms with E-state index in [1.165, 1.54) is 6.92 Å². The van der Waals surface area contributed by atoms with Gasteiger partial charge in [0.05, 0.1) is 11.9 Å². The Morgan fingerprint density at radius 3 is 2.31 bits per heavy atom. The van der Waals surface area contributed by atoms with Gasteiger partial charge in [0.2, 0.25) is 15.9 Å². The average Bonchev–Trinajstić information content (AvgIpc) is 2.10. The second-order valence-corrected chi connectivity index (χ2v) is 5.28. The van der Waals surface area contributed by atoms with Gasteiger partial charge in [0.1, 0.15) is 6.04 Å². The molecular weight excluding hydrogens is 256 g/mol. The predicted octanol–water partition coefficient (Wildman–Crippen LogP) is -0.638. The molecule has 2 atom stereocenters. The van der Waals surface area contributed by atoms with Crippen molar-refractivity contribution in [1.29, 1.82) is 0 Å². The Labute approximate surface area is 102 Å². The number of hydrogen-bond donors (Lipinski definition) is 3. The Kier molecular flexibility index (Phi) is 8.81. The van der Waals surface area contributed by atoms with Crippen molar-refractivity contribution in [3.8, 4) is 0 Å².